The standard InChI is InChI=1S/C14H21ClN4OS.ClH/c1-21-9-3-12(16)14(20)19-7-5-18(6-8-19)13-2-4-17-10-11(13)15;/h2,4,10,12H,3,5-9,16H2,1H3;1H/t12-;/m0./s1. The lowest BCUT2D eigenvalue weighted by molar-refractivity contribution is -0.132. The zero-order valence-electron chi connectivity index (χ0n) is 12.6. The second-order valence-electron chi connectivity index (χ2n) is 5.03. The van der Waals surface area contributed by atoms with Crippen molar-refractivity contribution in [1.82, 2.24) is 9.88 Å². The minimum absolute atomic E-state index is 0. The number of nitrogens with two attached hydrogens (primary N) is 1. The molecule has 2 rings (SSSR count). The van der Waals surface area contributed by atoms with Crippen LogP contribution in [-0.2, 0) is 4.79 Å². The Labute approximate surface area is 147 Å². The molecule has 1 atom stereocenters. The molecule has 0 saturated carbocycles. The van der Waals surface area contributed by atoms with Crippen molar-refractivity contribution < 1.29 is 4.79 Å². The van der Waals surface area contributed by atoms with Gasteiger partial charge in [0, 0.05) is 38.6 Å². The highest BCUT2D eigenvalue weighted by Crippen LogP contribution is 2.25. The van der Waals surface area contributed by atoms with E-state index in [2.05, 4.69) is 9.88 Å². The lowest BCUT2D eigenvalue weighted by atomic mass is 10.2. The molecule has 124 valence electrons. The summed E-state index contributed by atoms with van der Waals surface area (Å²) in [6.07, 6.45) is 6.13. The first-order chi connectivity index (χ1) is 10.1. The molecule has 1 saturated heterocycles. The van der Waals surface area contributed by atoms with Gasteiger partial charge in [-0.15, -0.1) is 12.4 Å². The van der Waals surface area contributed by atoms with Gasteiger partial charge in [0.15, 0.2) is 0 Å². The van der Waals surface area contributed by atoms with Gasteiger partial charge in [0.1, 0.15) is 0 Å². The number of halogens is 2. The number of hydrogen-bond acceptors (Lipinski definition) is 5. The zero-order chi connectivity index (χ0) is 15.2. The molecule has 1 aromatic rings. The van der Waals surface area contributed by atoms with Crippen LogP contribution in [0.5, 0.6) is 0 Å². The molecule has 8 heteroatoms. The van der Waals surface area contributed by atoms with Gasteiger partial charge in [-0.1, -0.05) is 11.6 Å². The minimum atomic E-state index is -0.381. The number of rotatable bonds is 5. The molecule has 1 aliphatic heterocycles. The quantitative estimate of drug-likeness (QED) is 0.864. The van der Waals surface area contributed by atoms with Crippen molar-refractivity contribution in [2.75, 3.05) is 43.1 Å². The Morgan fingerprint density at radius 3 is 2.73 bits per heavy atom. The Morgan fingerprint density at radius 2 is 2.14 bits per heavy atom. The third kappa shape index (κ3) is 4.91. The Kier molecular flexibility index (Phi) is 8.31. The molecule has 0 radical (unpaired) electrons. The van der Waals surface area contributed by atoms with Gasteiger partial charge in [-0.2, -0.15) is 11.8 Å². The average molecular weight is 365 g/mol. The normalized spacial score (nSPS) is 16.1. The molecule has 0 aromatic carbocycles. The highest BCUT2D eigenvalue weighted by atomic mass is 35.5. The zero-order valence-corrected chi connectivity index (χ0v) is 15.0. The van der Waals surface area contributed by atoms with E-state index in [1.807, 2.05) is 17.2 Å². The van der Waals surface area contributed by atoms with Crippen LogP contribution in [0.3, 0.4) is 0 Å². The number of aromatic nitrogens is 1. The van der Waals surface area contributed by atoms with Crippen LogP contribution in [-0.4, -0.2) is 60.0 Å². The summed E-state index contributed by atoms with van der Waals surface area (Å²) in [5.74, 6) is 0.976. The number of thioether (sulfide) groups is 1. The lowest BCUT2D eigenvalue weighted by Gasteiger charge is -2.37. The second-order valence-corrected chi connectivity index (χ2v) is 6.42. The van der Waals surface area contributed by atoms with Crippen molar-refractivity contribution in [1.29, 1.82) is 0 Å². The van der Waals surface area contributed by atoms with Gasteiger partial charge >= 0.3 is 0 Å². The Bertz CT molecular complexity index is 484. The number of carbonyl (C=O) groups excluding carboxylic acids is 1. The Balaban J connectivity index is 0.00000242. The molecule has 2 heterocycles. The van der Waals surface area contributed by atoms with Crippen LogP contribution in [0, 0.1) is 0 Å². The molecule has 1 fully saturated rings. The first kappa shape index (κ1) is 19.4. The first-order valence-corrected chi connectivity index (χ1v) is 8.78. The maximum absolute atomic E-state index is 12.3. The summed E-state index contributed by atoms with van der Waals surface area (Å²) in [4.78, 5) is 20.3. The van der Waals surface area contributed by atoms with Gasteiger partial charge in [-0.3, -0.25) is 9.78 Å². The minimum Gasteiger partial charge on any atom is -0.367 e. The van der Waals surface area contributed by atoms with Gasteiger partial charge < -0.3 is 15.5 Å². The maximum atomic E-state index is 12.3. The third-order valence-corrected chi connectivity index (χ3v) is 4.57. The largest absolute Gasteiger partial charge is 0.367 e. The first-order valence-electron chi connectivity index (χ1n) is 7.01. The van der Waals surface area contributed by atoms with Gasteiger partial charge in [0.2, 0.25) is 5.91 Å². The van der Waals surface area contributed by atoms with Crippen molar-refractivity contribution >= 4 is 47.4 Å². The predicted octanol–water partition coefficient (Wildman–Crippen LogP) is 1.89. The van der Waals surface area contributed by atoms with E-state index in [4.69, 9.17) is 17.3 Å². The highest BCUT2D eigenvalue weighted by molar-refractivity contribution is 7.98. The van der Waals surface area contributed by atoms with Crippen molar-refractivity contribution in [3.63, 3.8) is 0 Å². The molecular weight excluding hydrogens is 343 g/mol. The number of amides is 1. The maximum Gasteiger partial charge on any atom is 0.239 e. The molecule has 1 aromatic heterocycles. The van der Waals surface area contributed by atoms with Crippen LogP contribution in [0.2, 0.25) is 5.02 Å². The van der Waals surface area contributed by atoms with Crippen LogP contribution in [0.1, 0.15) is 6.42 Å². The van der Waals surface area contributed by atoms with E-state index in [0.717, 1.165) is 31.0 Å². The van der Waals surface area contributed by atoms with Crippen LogP contribution >= 0.6 is 35.8 Å². The summed E-state index contributed by atoms with van der Waals surface area (Å²) in [5, 5.41) is 0.647. The Hall–Kier alpha value is -0.690. The molecule has 1 amide bonds. The fraction of sp³-hybridized carbons (Fsp3) is 0.571. The van der Waals surface area contributed by atoms with Gasteiger partial charge in [0.25, 0.3) is 0 Å². The Morgan fingerprint density at radius 1 is 1.45 bits per heavy atom. The predicted molar refractivity (Wildman–Crippen MR) is 96.3 cm³/mol. The molecule has 1 aliphatic rings. The van der Waals surface area contributed by atoms with Crippen molar-refractivity contribution in [2.24, 2.45) is 5.73 Å². The fourth-order valence-corrected chi connectivity index (χ4v) is 3.12. The lowest BCUT2D eigenvalue weighted by Crippen LogP contribution is -2.53. The smallest absolute Gasteiger partial charge is 0.239 e. The number of piperazine rings is 1. The topological polar surface area (TPSA) is 62.5 Å². The molecule has 22 heavy (non-hydrogen) atoms. The van der Waals surface area contributed by atoms with Crippen LogP contribution < -0.4 is 10.6 Å². The van der Waals surface area contributed by atoms with Crippen molar-refractivity contribution in [3.05, 3.63) is 23.5 Å². The SMILES string of the molecule is CSCC[C@H](N)C(=O)N1CCN(c2ccncc2Cl)CC1.Cl. The van der Waals surface area contributed by atoms with E-state index in [-0.39, 0.29) is 24.4 Å². The summed E-state index contributed by atoms with van der Waals surface area (Å²) in [6.45, 7) is 2.91. The summed E-state index contributed by atoms with van der Waals surface area (Å²) < 4.78 is 0. The van der Waals surface area contributed by atoms with Crippen LogP contribution in [0.15, 0.2) is 18.5 Å². The molecule has 2 N–H and O–H groups in total. The molecule has 0 aliphatic carbocycles. The molecule has 0 unspecified atom stereocenters. The fourth-order valence-electron chi connectivity index (χ4n) is 2.39. The number of pyridine rings is 1. The van der Waals surface area contributed by atoms with E-state index in [1.165, 1.54) is 0 Å². The average Bonchev–Trinajstić information content (AvgIpc) is 2.52. The van der Waals surface area contributed by atoms with Crippen molar-refractivity contribution in [3.8, 4) is 0 Å². The van der Waals surface area contributed by atoms with E-state index in [0.29, 0.717) is 18.1 Å². The van der Waals surface area contributed by atoms with Crippen molar-refractivity contribution in [2.45, 2.75) is 12.5 Å². The van der Waals surface area contributed by atoms with Crippen LogP contribution in [0.4, 0.5) is 5.69 Å². The van der Waals surface area contributed by atoms with Gasteiger partial charge in [-0.05, 0) is 24.5 Å². The highest BCUT2D eigenvalue weighted by Gasteiger charge is 2.25. The monoisotopic (exact) mass is 364 g/mol. The number of anilines is 1. The summed E-state index contributed by atoms with van der Waals surface area (Å²) in [6, 6.07) is 1.53. The summed E-state index contributed by atoms with van der Waals surface area (Å²) >= 11 is 7.87. The van der Waals surface area contributed by atoms with E-state index >= 15 is 0 Å². The molecule has 0 bridgehead atoms. The molecule has 5 nitrogen and oxygen atoms in total. The molecule has 0 spiro atoms. The van der Waals surface area contributed by atoms with E-state index in [9.17, 15) is 4.79 Å². The second kappa shape index (κ2) is 9.45. The third-order valence-electron chi connectivity index (χ3n) is 3.63. The van der Waals surface area contributed by atoms with E-state index in [1.54, 1.807) is 24.2 Å². The van der Waals surface area contributed by atoms with Gasteiger partial charge in [0.05, 0.1) is 16.8 Å². The molecular formula is C14H22Cl2N4OS. The van der Waals surface area contributed by atoms with Crippen LogP contribution in [0.25, 0.3) is 0 Å². The van der Waals surface area contributed by atoms with E-state index < -0.39 is 0 Å². The van der Waals surface area contributed by atoms with Gasteiger partial charge in [-0.25, -0.2) is 0 Å². The summed E-state index contributed by atoms with van der Waals surface area (Å²) in [7, 11) is 0. The number of hydrogen-bond donors (Lipinski definition) is 1. The number of nitrogens with zero attached hydrogens (tertiary/aromatic N) is 3. The number of carbonyl (C=O) groups is 1. The summed E-state index contributed by atoms with van der Waals surface area (Å²) in [5.41, 5.74) is 6.93.